The van der Waals surface area contributed by atoms with Crippen molar-refractivity contribution in [3.8, 4) is 11.1 Å². The number of hydrogen-bond donors (Lipinski definition) is 0. The highest BCUT2D eigenvalue weighted by molar-refractivity contribution is 6.30. The maximum atomic E-state index is 5.95. The first kappa shape index (κ1) is 12.4. The lowest BCUT2D eigenvalue weighted by Gasteiger charge is -2.06. The van der Waals surface area contributed by atoms with Gasteiger partial charge in [0.2, 0.25) is 0 Å². The molecule has 1 aliphatic heterocycles. The highest BCUT2D eigenvalue weighted by Crippen LogP contribution is 2.34. The Morgan fingerprint density at radius 1 is 0.952 bits per heavy atom. The summed E-state index contributed by atoms with van der Waals surface area (Å²) in [4.78, 5) is 4.19. The molecule has 0 N–H and O–H groups in total. The Balaban J connectivity index is 1.83. The van der Waals surface area contributed by atoms with Gasteiger partial charge in [0.25, 0.3) is 0 Å². The summed E-state index contributed by atoms with van der Waals surface area (Å²) in [6, 6.07) is 16.5. The Kier molecular flexibility index (Phi) is 2.90. The molecule has 0 fully saturated rings. The highest BCUT2D eigenvalue weighted by Gasteiger charge is 2.12. The topological polar surface area (TPSA) is 17.8 Å². The quantitative estimate of drug-likeness (QED) is 0.517. The predicted molar refractivity (Wildman–Crippen MR) is 86.9 cm³/mol. The first-order chi connectivity index (χ1) is 10.3. The van der Waals surface area contributed by atoms with Gasteiger partial charge in [0.05, 0.1) is 5.52 Å². The summed E-state index contributed by atoms with van der Waals surface area (Å²) in [6.07, 6.45) is 5.82. The van der Waals surface area contributed by atoms with Crippen LogP contribution in [0.2, 0.25) is 5.02 Å². The van der Waals surface area contributed by atoms with Crippen LogP contribution in [0.3, 0.4) is 0 Å². The molecule has 0 saturated heterocycles. The SMILES string of the molecule is Clc1ccc(Cn2ccc3cc4ccnccc-4c32)cc1. The summed E-state index contributed by atoms with van der Waals surface area (Å²) < 4.78 is 2.28. The zero-order valence-corrected chi connectivity index (χ0v) is 12.1. The molecule has 0 radical (unpaired) electrons. The average molecular weight is 293 g/mol. The lowest BCUT2D eigenvalue weighted by molar-refractivity contribution is 0.838. The number of aromatic nitrogens is 2. The van der Waals surface area contributed by atoms with Crippen LogP contribution in [0.4, 0.5) is 0 Å². The van der Waals surface area contributed by atoms with Crippen LogP contribution in [0, 0.1) is 0 Å². The largest absolute Gasteiger partial charge is 0.343 e. The second-order valence-corrected chi connectivity index (χ2v) is 5.60. The first-order valence-corrected chi connectivity index (χ1v) is 7.25. The van der Waals surface area contributed by atoms with Gasteiger partial charge in [0.15, 0.2) is 0 Å². The van der Waals surface area contributed by atoms with Crippen molar-refractivity contribution in [2.45, 2.75) is 6.54 Å². The molecule has 102 valence electrons. The maximum absolute atomic E-state index is 5.95. The fraction of sp³-hybridized carbons (Fsp3) is 0.0556. The van der Waals surface area contributed by atoms with Gasteiger partial charge in [-0.05, 0) is 47.5 Å². The monoisotopic (exact) mass is 292 g/mol. The van der Waals surface area contributed by atoms with E-state index in [9.17, 15) is 0 Å². The van der Waals surface area contributed by atoms with Crippen LogP contribution in [0.25, 0.3) is 22.0 Å². The number of halogens is 1. The molecular formula is C18H13ClN2. The molecule has 0 saturated carbocycles. The van der Waals surface area contributed by atoms with E-state index < -0.39 is 0 Å². The Bertz CT molecular complexity index is 877. The maximum Gasteiger partial charge on any atom is 0.0563 e. The second-order valence-electron chi connectivity index (χ2n) is 5.17. The van der Waals surface area contributed by atoms with E-state index in [0.717, 1.165) is 11.6 Å². The zero-order chi connectivity index (χ0) is 14.2. The highest BCUT2D eigenvalue weighted by atomic mass is 35.5. The third kappa shape index (κ3) is 2.18. The molecule has 0 bridgehead atoms. The number of rotatable bonds is 2. The van der Waals surface area contributed by atoms with Crippen molar-refractivity contribution in [1.29, 1.82) is 0 Å². The normalized spacial score (nSPS) is 11.3. The van der Waals surface area contributed by atoms with Gasteiger partial charge in [-0.1, -0.05) is 23.7 Å². The lowest BCUT2D eigenvalue weighted by atomic mass is 10.2. The number of hydrogen-bond acceptors (Lipinski definition) is 1. The van der Waals surface area contributed by atoms with Crippen molar-refractivity contribution in [1.82, 2.24) is 9.55 Å². The van der Waals surface area contributed by atoms with Gasteiger partial charge in [-0.15, -0.1) is 0 Å². The van der Waals surface area contributed by atoms with Gasteiger partial charge in [0, 0.05) is 41.1 Å². The molecule has 0 spiro atoms. The van der Waals surface area contributed by atoms with E-state index in [4.69, 9.17) is 11.6 Å². The van der Waals surface area contributed by atoms with Gasteiger partial charge < -0.3 is 4.57 Å². The Morgan fingerprint density at radius 2 is 1.76 bits per heavy atom. The molecule has 1 aromatic carbocycles. The van der Waals surface area contributed by atoms with Gasteiger partial charge in [-0.25, -0.2) is 0 Å². The minimum atomic E-state index is 0.772. The molecule has 0 unspecified atom stereocenters. The molecule has 2 aromatic rings. The van der Waals surface area contributed by atoms with Crippen LogP contribution in [-0.4, -0.2) is 9.55 Å². The van der Waals surface area contributed by atoms with Crippen molar-refractivity contribution >= 4 is 22.5 Å². The summed E-state index contributed by atoms with van der Waals surface area (Å²) in [7, 11) is 0. The zero-order valence-electron chi connectivity index (χ0n) is 11.3. The molecule has 3 heteroatoms. The van der Waals surface area contributed by atoms with Gasteiger partial charge >= 0.3 is 0 Å². The molecule has 2 heterocycles. The molecule has 1 aromatic heterocycles. The summed E-state index contributed by atoms with van der Waals surface area (Å²) >= 11 is 5.95. The first-order valence-electron chi connectivity index (χ1n) is 6.87. The Hall–Kier alpha value is -2.32. The molecule has 0 amide bonds. The molecule has 0 atom stereocenters. The van der Waals surface area contributed by atoms with Crippen LogP contribution in [0.5, 0.6) is 0 Å². The standard InChI is InChI=1S/C18H13ClN2/c19-16-3-1-13(2-4-16)12-21-10-7-15-11-14-5-8-20-9-6-17(14)18(15)21/h1-11H,12H2. The van der Waals surface area contributed by atoms with Crippen LogP contribution in [0.15, 0.2) is 67.1 Å². The smallest absolute Gasteiger partial charge is 0.0563 e. The van der Waals surface area contributed by atoms with Crippen molar-refractivity contribution in [2.24, 2.45) is 0 Å². The van der Waals surface area contributed by atoms with E-state index in [-0.39, 0.29) is 0 Å². The third-order valence-corrected chi connectivity index (χ3v) is 4.06. The van der Waals surface area contributed by atoms with Crippen molar-refractivity contribution in [2.75, 3.05) is 0 Å². The lowest BCUT2D eigenvalue weighted by Crippen LogP contribution is -1.97. The fourth-order valence-electron chi connectivity index (χ4n) is 2.82. The van der Waals surface area contributed by atoms with Gasteiger partial charge in [-0.2, -0.15) is 0 Å². The molecule has 21 heavy (non-hydrogen) atoms. The van der Waals surface area contributed by atoms with Crippen molar-refractivity contribution in [3.05, 3.63) is 77.7 Å². The van der Waals surface area contributed by atoms with E-state index in [1.807, 2.05) is 24.5 Å². The third-order valence-electron chi connectivity index (χ3n) is 3.81. The van der Waals surface area contributed by atoms with E-state index in [1.54, 1.807) is 0 Å². The van der Waals surface area contributed by atoms with Gasteiger partial charge in [0.1, 0.15) is 0 Å². The fourth-order valence-corrected chi connectivity index (χ4v) is 2.95. The van der Waals surface area contributed by atoms with Gasteiger partial charge in [-0.3, -0.25) is 4.98 Å². The molecule has 4 rings (SSSR count). The predicted octanol–water partition coefficient (Wildman–Crippen LogP) is 4.84. The van der Waals surface area contributed by atoms with Crippen LogP contribution in [-0.2, 0) is 6.54 Å². The minimum Gasteiger partial charge on any atom is -0.343 e. The van der Waals surface area contributed by atoms with E-state index in [1.165, 1.54) is 27.6 Å². The number of fused-ring (bicyclic) bond motifs is 3. The van der Waals surface area contributed by atoms with Crippen LogP contribution in [0.1, 0.15) is 5.56 Å². The molecular weight excluding hydrogens is 280 g/mol. The van der Waals surface area contributed by atoms with E-state index in [0.29, 0.717) is 0 Å². The number of benzene rings is 1. The Morgan fingerprint density at radius 3 is 2.62 bits per heavy atom. The van der Waals surface area contributed by atoms with Crippen molar-refractivity contribution < 1.29 is 0 Å². The average Bonchev–Trinajstić information content (AvgIpc) is 2.94. The summed E-state index contributed by atoms with van der Waals surface area (Å²) in [5, 5.41) is 2.04. The molecule has 2 aliphatic rings. The second kappa shape index (κ2) is 4.90. The van der Waals surface area contributed by atoms with Crippen molar-refractivity contribution in [3.63, 3.8) is 0 Å². The minimum absolute atomic E-state index is 0.772. The summed E-state index contributed by atoms with van der Waals surface area (Å²) in [6.45, 7) is 0.839. The molecule has 1 aliphatic carbocycles. The molecule has 2 nitrogen and oxygen atoms in total. The van der Waals surface area contributed by atoms with E-state index in [2.05, 4.69) is 52.1 Å². The van der Waals surface area contributed by atoms with E-state index >= 15 is 0 Å². The number of nitrogens with zero attached hydrogens (tertiary/aromatic N) is 2. The van der Waals surface area contributed by atoms with Crippen LogP contribution < -0.4 is 0 Å². The summed E-state index contributed by atoms with van der Waals surface area (Å²) in [5.74, 6) is 0. The summed E-state index contributed by atoms with van der Waals surface area (Å²) in [5.41, 5.74) is 4.96. The van der Waals surface area contributed by atoms with Crippen LogP contribution >= 0.6 is 11.6 Å². The Labute approximate surface area is 128 Å².